The lowest BCUT2D eigenvalue weighted by Crippen LogP contribution is -2.40. The number of alkyl halides is 3. The molecule has 0 aliphatic rings. The minimum atomic E-state index is -4.43. The van der Waals surface area contributed by atoms with E-state index in [-0.39, 0.29) is 31.4 Å². The van der Waals surface area contributed by atoms with E-state index in [1.165, 1.54) is 27.9 Å². The van der Waals surface area contributed by atoms with Crippen LogP contribution in [0, 0.1) is 6.92 Å². The standard InChI is InChI=1S/C23H24F3N3O3/c1-16-5-3-4-6-17(16)13-29(22(31)21-11-12-27-28(21)2)14-19(30)15-32-20-9-7-18(8-10-20)23(24,25)26/h3-12,19,30H,13-15H2,1-2H3. The average Bonchev–Trinajstić information content (AvgIpc) is 3.18. The molecule has 6 nitrogen and oxygen atoms in total. The molecule has 0 radical (unpaired) electrons. The van der Waals surface area contributed by atoms with E-state index in [0.717, 1.165) is 23.3 Å². The van der Waals surface area contributed by atoms with Crippen LogP contribution in [0.25, 0.3) is 0 Å². The molecule has 0 spiro atoms. The summed E-state index contributed by atoms with van der Waals surface area (Å²) in [6.07, 6.45) is -3.97. The molecule has 1 unspecified atom stereocenters. The van der Waals surface area contributed by atoms with E-state index in [1.54, 1.807) is 13.1 Å². The van der Waals surface area contributed by atoms with Crippen molar-refractivity contribution >= 4 is 5.91 Å². The van der Waals surface area contributed by atoms with E-state index in [9.17, 15) is 23.1 Å². The van der Waals surface area contributed by atoms with Gasteiger partial charge in [0, 0.05) is 19.8 Å². The maximum absolute atomic E-state index is 13.1. The zero-order valence-electron chi connectivity index (χ0n) is 17.7. The van der Waals surface area contributed by atoms with Crippen LogP contribution < -0.4 is 4.74 Å². The summed E-state index contributed by atoms with van der Waals surface area (Å²) in [5.41, 5.74) is 1.52. The number of carbonyl (C=O) groups excluding carboxylic acids is 1. The van der Waals surface area contributed by atoms with E-state index in [4.69, 9.17) is 4.74 Å². The number of rotatable bonds is 8. The Balaban J connectivity index is 1.69. The van der Waals surface area contributed by atoms with Gasteiger partial charge in [0.05, 0.1) is 12.1 Å². The minimum Gasteiger partial charge on any atom is -0.491 e. The summed E-state index contributed by atoms with van der Waals surface area (Å²) in [5, 5.41) is 14.5. The van der Waals surface area contributed by atoms with E-state index in [2.05, 4.69) is 5.10 Å². The van der Waals surface area contributed by atoms with Crippen LogP contribution in [0.5, 0.6) is 5.75 Å². The van der Waals surface area contributed by atoms with E-state index in [1.807, 2.05) is 31.2 Å². The fourth-order valence-electron chi connectivity index (χ4n) is 3.20. The van der Waals surface area contributed by atoms with Gasteiger partial charge in [0.2, 0.25) is 0 Å². The molecule has 3 rings (SSSR count). The molecule has 0 bridgehead atoms. The molecule has 170 valence electrons. The third-order valence-electron chi connectivity index (χ3n) is 5.00. The van der Waals surface area contributed by atoms with Crippen LogP contribution in [0.1, 0.15) is 27.2 Å². The lowest BCUT2D eigenvalue weighted by atomic mass is 10.1. The number of aryl methyl sites for hydroxylation is 2. The highest BCUT2D eigenvalue weighted by Gasteiger charge is 2.30. The Morgan fingerprint density at radius 1 is 1.16 bits per heavy atom. The highest BCUT2D eigenvalue weighted by Crippen LogP contribution is 2.30. The third-order valence-corrected chi connectivity index (χ3v) is 5.00. The Morgan fingerprint density at radius 2 is 1.84 bits per heavy atom. The molecule has 0 fully saturated rings. The Morgan fingerprint density at radius 3 is 2.44 bits per heavy atom. The summed E-state index contributed by atoms with van der Waals surface area (Å²) < 4.78 is 44.9. The van der Waals surface area contributed by atoms with Crippen molar-refractivity contribution in [1.29, 1.82) is 0 Å². The number of aliphatic hydroxyl groups excluding tert-OH is 1. The molecule has 32 heavy (non-hydrogen) atoms. The number of amides is 1. The summed E-state index contributed by atoms with van der Waals surface area (Å²) in [5.74, 6) is -0.109. The van der Waals surface area contributed by atoms with Crippen molar-refractivity contribution in [2.45, 2.75) is 25.7 Å². The first-order chi connectivity index (χ1) is 15.1. The third kappa shape index (κ3) is 5.88. The van der Waals surface area contributed by atoms with Gasteiger partial charge in [-0.1, -0.05) is 24.3 Å². The Bertz CT molecular complexity index is 1050. The minimum absolute atomic E-state index is 0.0288. The zero-order chi connectivity index (χ0) is 23.3. The first kappa shape index (κ1) is 23.3. The number of halogens is 3. The Labute approximate surface area is 183 Å². The fourth-order valence-corrected chi connectivity index (χ4v) is 3.20. The molecule has 3 aromatic rings. The van der Waals surface area contributed by atoms with Crippen molar-refractivity contribution in [1.82, 2.24) is 14.7 Å². The lowest BCUT2D eigenvalue weighted by molar-refractivity contribution is -0.137. The summed E-state index contributed by atoms with van der Waals surface area (Å²) in [7, 11) is 1.66. The molecule has 0 aliphatic heterocycles. The van der Waals surface area contributed by atoms with Crippen LogP contribution in [-0.2, 0) is 19.8 Å². The highest BCUT2D eigenvalue weighted by molar-refractivity contribution is 5.92. The SMILES string of the molecule is Cc1ccccc1CN(CC(O)COc1ccc(C(F)(F)F)cc1)C(=O)c1ccnn1C. The molecular weight excluding hydrogens is 423 g/mol. The second-order valence-electron chi connectivity index (χ2n) is 7.44. The molecule has 0 aliphatic carbocycles. The highest BCUT2D eigenvalue weighted by atomic mass is 19.4. The molecule has 1 N–H and O–H groups in total. The molecular formula is C23H24F3N3O3. The van der Waals surface area contributed by atoms with E-state index < -0.39 is 17.8 Å². The van der Waals surface area contributed by atoms with Crippen LogP contribution in [0.3, 0.4) is 0 Å². The number of benzene rings is 2. The van der Waals surface area contributed by atoms with Crippen molar-refractivity contribution in [3.05, 3.63) is 83.2 Å². The average molecular weight is 447 g/mol. The molecule has 2 aromatic carbocycles. The van der Waals surface area contributed by atoms with Crippen LogP contribution in [0.2, 0.25) is 0 Å². The normalized spacial score (nSPS) is 12.4. The van der Waals surface area contributed by atoms with Gasteiger partial charge < -0.3 is 14.7 Å². The molecule has 1 atom stereocenters. The van der Waals surface area contributed by atoms with Crippen molar-refractivity contribution < 1.29 is 27.8 Å². The quantitative estimate of drug-likeness (QED) is 0.570. The number of hydrogen-bond donors (Lipinski definition) is 1. The van der Waals surface area contributed by atoms with Crippen molar-refractivity contribution in [3.63, 3.8) is 0 Å². The van der Waals surface area contributed by atoms with Crippen molar-refractivity contribution in [3.8, 4) is 5.75 Å². The first-order valence-electron chi connectivity index (χ1n) is 9.95. The molecule has 1 aromatic heterocycles. The smallest absolute Gasteiger partial charge is 0.416 e. The van der Waals surface area contributed by atoms with Crippen LogP contribution in [0.15, 0.2) is 60.8 Å². The number of aromatic nitrogens is 2. The van der Waals surface area contributed by atoms with Crippen molar-refractivity contribution in [2.75, 3.05) is 13.2 Å². The predicted molar refractivity (Wildman–Crippen MR) is 112 cm³/mol. The topological polar surface area (TPSA) is 67.6 Å². The van der Waals surface area contributed by atoms with Gasteiger partial charge in [0.1, 0.15) is 24.2 Å². The maximum Gasteiger partial charge on any atom is 0.416 e. The van der Waals surface area contributed by atoms with Gasteiger partial charge >= 0.3 is 6.18 Å². The lowest BCUT2D eigenvalue weighted by Gasteiger charge is -2.26. The zero-order valence-corrected chi connectivity index (χ0v) is 17.7. The van der Waals surface area contributed by atoms with Gasteiger partial charge in [-0.25, -0.2) is 0 Å². The van der Waals surface area contributed by atoms with Crippen molar-refractivity contribution in [2.24, 2.45) is 7.05 Å². The Hall–Kier alpha value is -3.33. The number of nitrogens with zero attached hydrogens (tertiary/aromatic N) is 3. The summed E-state index contributed by atoms with van der Waals surface area (Å²) in [4.78, 5) is 14.6. The van der Waals surface area contributed by atoms with Gasteiger partial charge in [-0.05, 0) is 48.4 Å². The van der Waals surface area contributed by atoms with E-state index in [0.29, 0.717) is 5.69 Å². The Kier molecular flexibility index (Phi) is 7.19. The largest absolute Gasteiger partial charge is 0.491 e. The second-order valence-corrected chi connectivity index (χ2v) is 7.44. The van der Waals surface area contributed by atoms with Crippen LogP contribution in [0.4, 0.5) is 13.2 Å². The van der Waals surface area contributed by atoms with Gasteiger partial charge in [0.15, 0.2) is 0 Å². The number of aliphatic hydroxyl groups is 1. The van der Waals surface area contributed by atoms with Crippen LogP contribution >= 0.6 is 0 Å². The summed E-state index contributed by atoms with van der Waals surface area (Å²) >= 11 is 0. The number of carbonyl (C=O) groups is 1. The van der Waals surface area contributed by atoms with Gasteiger partial charge in [-0.3, -0.25) is 9.48 Å². The molecule has 1 amide bonds. The maximum atomic E-state index is 13.1. The first-order valence-corrected chi connectivity index (χ1v) is 9.95. The number of hydrogen-bond acceptors (Lipinski definition) is 4. The molecule has 0 saturated carbocycles. The fraction of sp³-hybridized carbons (Fsp3) is 0.304. The van der Waals surface area contributed by atoms with Gasteiger partial charge in [-0.2, -0.15) is 18.3 Å². The monoisotopic (exact) mass is 447 g/mol. The van der Waals surface area contributed by atoms with Gasteiger partial charge in [0.25, 0.3) is 5.91 Å². The van der Waals surface area contributed by atoms with Gasteiger partial charge in [-0.15, -0.1) is 0 Å². The molecule has 0 saturated heterocycles. The predicted octanol–water partition coefficient (Wildman–Crippen LogP) is 3.83. The summed E-state index contributed by atoms with van der Waals surface area (Å²) in [6, 6.07) is 13.4. The summed E-state index contributed by atoms with van der Waals surface area (Å²) in [6.45, 7) is 1.99. The molecule has 1 heterocycles. The van der Waals surface area contributed by atoms with Crippen LogP contribution in [-0.4, -0.2) is 44.9 Å². The number of ether oxygens (including phenoxy) is 1. The van der Waals surface area contributed by atoms with E-state index >= 15 is 0 Å². The second kappa shape index (κ2) is 9.86. The molecule has 9 heteroatoms.